The molecule has 27 heavy (non-hydrogen) atoms. The van der Waals surface area contributed by atoms with Crippen LogP contribution in [0.25, 0.3) is 0 Å². The second kappa shape index (κ2) is 9.52. The number of piperidine rings is 1. The Balaban J connectivity index is 0.000000321. The number of carboxylic acids is 1. The van der Waals surface area contributed by atoms with Gasteiger partial charge >= 0.3 is 12.1 Å². The van der Waals surface area contributed by atoms with Crippen LogP contribution in [-0.2, 0) is 20.9 Å². The van der Waals surface area contributed by atoms with Crippen molar-refractivity contribution >= 4 is 23.2 Å². The summed E-state index contributed by atoms with van der Waals surface area (Å²) >= 11 is 1.81. The maximum Gasteiger partial charge on any atom is 0.490 e. The van der Waals surface area contributed by atoms with E-state index in [-0.39, 0.29) is 17.9 Å². The SMILES string of the molecule is CNC(=O)[C@@H]1CCO[C@@H]2CCN(Cc3cccs3)C[C@H]21.O=C(O)C(F)(F)F. The molecule has 2 fully saturated rings. The van der Waals surface area contributed by atoms with E-state index >= 15 is 0 Å². The number of nitrogens with one attached hydrogen (secondary N) is 1. The van der Waals surface area contributed by atoms with Gasteiger partial charge in [0.05, 0.1) is 6.10 Å². The molecule has 0 radical (unpaired) electrons. The smallest absolute Gasteiger partial charge is 0.475 e. The number of rotatable bonds is 3. The van der Waals surface area contributed by atoms with Gasteiger partial charge in [0.15, 0.2) is 0 Å². The van der Waals surface area contributed by atoms with E-state index in [9.17, 15) is 18.0 Å². The van der Waals surface area contributed by atoms with Gasteiger partial charge in [0.2, 0.25) is 5.91 Å². The monoisotopic (exact) mass is 408 g/mol. The quantitative estimate of drug-likeness (QED) is 0.803. The topological polar surface area (TPSA) is 78.9 Å². The Morgan fingerprint density at radius 3 is 2.67 bits per heavy atom. The second-order valence-corrected chi connectivity index (χ2v) is 7.52. The van der Waals surface area contributed by atoms with Gasteiger partial charge in [0.1, 0.15) is 0 Å². The Morgan fingerprint density at radius 2 is 2.11 bits per heavy atom. The lowest BCUT2D eigenvalue weighted by atomic mass is 9.79. The third-order valence-electron chi connectivity index (χ3n) is 4.74. The molecule has 2 aliphatic rings. The minimum atomic E-state index is -5.08. The molecule has 10 heteroatoms. The fraction of sp³-hybridized carbons (Fsp3) is 0.647. The molecule has 3 heterocycles. The molecule has 1 aromatic rings. The summed E-state index contributed by atoms with van der Waals surface area (Å²) < 4.78 is 37.6. The second-order valence-electron chi connectivity index (χ2n) is 6.49. The van der Waals surface area contributed by atoms with Crippen LogP contribution in [0.3, 0.4) is 0 Å². The van der Waals surface area contributed by atoms with Crippen molar-refractivity contribution in [2.45, 2.75) is 31.7 Å². The molecule has 1 amide bonds. The Hall–Kier alpha value is -1.65. The van der Waals surface area contributed by atoms with Crippen LogP contribution in [0.5, 0.6) is 0 Å². The molecule has 1 aromatic heterocycles. The molecule has 6 nitrogen and oxygen atoms in total. The van der Waals surface area contributed by atoms with E-state index in [2.05, 4.69) is 27.7 Å². The number of likely N-dealkylation sites (tertiary alicyclic amines) is 1. The van der Waals surface area contributed by atoms with Crippen LogP contribution >= 0.6 is 11.3 Å². The largest absolute Gasteiger partial charge is 0.490 e. The lowest BCUT2D eigenvalue weighted by Crippen LogP contribution is -2.52. The standard InChI is InChI=1S/C15H22N2O2S.C2HF3O2/c1-16-15(18)12-5-7-19-14-4-6-17(10-13(12)14)9-11-3-2-8-20-11;3-2(4,5)1(6)7/h2-3,8,12-14H,4-7,9-10H2,1H3,(H,16,18);(H,6,7)/t12-,13+,14-;/m1./s1. The van der Waals surface area contributed by atoms with Crippen LogP contribution in [0.1, 0.15) is 17.7 Å². The molecule has 3 rings (SSSR count). The number of fused-ring (bicyclic) bond motifs is 1. The Morgan fingerprint density at radius 1 is 1.41 bits per heavy atom. The van der Waals surface area contributed by atoms with E-state index in [0.717, 1.165) is 39.1 Å². The highest BCUT2D eigenvalue weighted by Crippen LogP contribution is 2.34. The molecule has 0 bridgehead atoms. The van der Waals surface area contributed by atoms with Gasteiger partial charge in [-0.2, -0.15) is 13.2 Å². The summed E-state index contributed by atoms with van der Waals surface area (Å²) in [5.74, 6) is -2.11. The van der Waals surface area contributed by atoms with Crippen LogP contribution in [0.4, 0.5) is 13.2 Å². The first-order chi connectivity index (χ1) is 12.7. The lowest BCUT2D eigenvalue weighted by Gasteiger charge is -2.44. The van der Waals surface area contributed by atoms with E-state index in [1.807, 2.05) is 0 Å². The zero-order valence-electron chi connectivity index (χ0n) is 14.9. The van der Waals surface area contributed by atoms with Crippen molar-refractivity contribution < 1.29 is 32.6 Å². The van der Waals surface area contributed by atoms with Gasteiger partial charge in [-0.15, -0.1) is 11.3 Å². The number of aliphatic carboxylic acids is 1. The van der Waals surface area contributed by atoms with Crippen molar-refractivity contribution in [3.63, 3.8) is 0 Å². The number of alkyl halides is 3. The zero-order valence-corrected chi connectivity index (χ0v) is 15.7. The molecule has 3 atom stereocenters. The summed E-state index contributed by atoms with van der Waals surface area (Å²) in [4.78, 5) is 24.8. The number of carbonyl (C=O) groups excluding carboxylic acids is 1. The Bertz CT molecular complexity index is 624. The van der Waals surface area contributed by atoms with E-state index in [1.165, 1.54) is 4.88 Å². The van der Waals surface area contributed by atoms with Gasteiger partial charge in [0.25, 0.3) is 0 Å². The number of amides is 1. The zero-order chi connectivity index (χ0) is 20.0. The molecule has 0 unspecified atom stereocenters. The lowest BCUT2D eigenvalue weighted by molar-refractivity contribution is -0.192. The fourth-order valence-corrected chi connectivity index (χ4v) is 4.21. The highest BCUT2D eigenvalue weighted by atomic mass is 32.1. The molecular weight excluding hydrogens is 385 g/mol. The van der Waals surface area contributed by atoms with Crippen molar-refractivity contribution in [2.24, 2.45) is 11.8 Å². The number of thiophene rings is 1. The molecule has 0 spiro atoms. The third-order valence-corrected chi connectivity index (χ3v) is 5.60. The van der Waals surface area contributed by atoms with E-state index in [0.29, 0.717) is 5.92 Å². The van der Waals surface area contributed by atoms with Crippen molar-refractivity contribution in [3.8, 4) is 0 Å². The summed E-state index contributed by atoms with van der Waals surface area (Å²) in [6, 6.07) is 4.29. The normalized spacial score (nSPS) is 25.7. The van der Waals surface area contributed by atoms with Crippen LogP contribution in [0.15, 0.2) is 17.5 Å². The fourth-order valence-electron chi connectivity index (χ4n) is 3.46. The number of carbonyl (C=O) groups is 2. The summed E-state index contributed by atoms with van der Waals surface area (Å²) in [5.41, 5.74) is 0. The van der Waals surface area contributed by atoms with Gasteiger partial charge in [-0.05, 0) is 24.3 Å². The molecule has 152 valence electrons. The number of ether oxygens (including phenoxy) is 1. The average Bonchev–Trinajstić information content (AvgIpc) is 3.13. The van der Waals surface area contributed by atoms with Crippen molar-refractivity contribution in [3.05, 3.63) is 22.4 Å². The van der Waals surface area contributed by atoms with Gasteiger partial charge in [-0.1, -0.05) is 6.07 Å². The maximum atomic E-state index is 12.1. The van der Waals surface area contributed by atoms with Crippen LogP contribution in [0, 0.1) is 11.8 Å². The highest BCUT2D eigenvalue weighted by Gasteiger charge is 2.41. The summed E-state index contributed by atoms with van der Waals surface area (Å²) in [6.45, 7) is 3.77. The van der Waals surface area contributed by atoms with Crippen LogP contribution < -0.4 is 5.32 Å². The van der Waals surface area contributed by atoms with Crippen molar-refractivity contribution in [2.75, 3.05) is 26.7 Å². The molecule has 2 aliphatic heterocycles. The van der Waals surface area contributed by atoms with E-state index < -0.39 is 12.1 Å². The van der Waals surface area contributed by atoms with Gasteiger partial charge in [0, 0.05) is 50.0 Å². The number of carboxylic acid groups (broad SMARTS) is 1. The van der Waals surface area contributed by atoms with Crippen molar-refractivity contribution in [1.82, 2.24) is 10.2 Å². The Labute approximate surface area is 159 Å². The van der Waals surface area contributed by atoms with Crippen LogP contribution in [0.2, 0.25) is 0 Å². The predicted molar refractivity (Wildman–Crippen MR) is 93.3 cm³/mol. The van der Waals surface area contributed by atoms with Gasteiger partial charge in [-0.3, -0.25) is 9.69 Å². The van der Waals surface area contributed by atoms with E-state index in [4.69, 9.17) is 14.6 Å². The minimum absolute atomic E-state index is 0.116. The molecular formula is C17H23F3N2O4S. The van der Waals surface area contributed by atoms with Gasteiger partial charge in [-0.25, -0.2) is 4.79 Å². The molecule has 2 saturated heterocycles. The number of hydrogen-bond acceptors (Lipinski definition) is 5. The number of hydrogen-bond donors (Lipinski definition) is 2. The minimum Gasteiger partial charge on any atom is -0.475 e. The average molecular weight is 408 g/mol. The first kappa shape index (κ1) is 21.6. The summed E-state index contributed by atoms with van der Waals surface area (Å²) in [7, 11) is 1.74. The third kappa shape index (κ3) is 6.18. The summed E-state index contributed by atoms with van der Waals surface area (Å²) in [6.07, 6.45) is -2.91. The molecule has 2 N–H and O–H groups in total. The first-order valence-electron chi connectivity index (χ1n) is 8.60. The van der Waals surface area contributed by atoms with Crippen LogP contribution in [-0.4, -0.2) is 60.9 Å². The highest BCUT2D eigenvalue weighted by molar-refractivity contribution is 7.09. The van der Waals surface area contributed by atoms with Gasteiger partial charge < -0.3 is 15.2 Å². The van der Waals surface area contributed by atoms with E-state index in [1.54, 1.807) is 18.4 Å². The predicted octanol–water partition coefficient (Wildman–Crippen LogP) is 2.35. The maximum absolute atomic E-state index is 12.1. The van der Waals surface area contributed by atoms with Crippen molar-refractivity contribution in [1.29, 1.82) is 0 Å². The molecule has 0 saturated carbocycles. The Kier molecular flexibility index (Phi) is 7.63. The molecule has 0 aliphatic carbocycles. The first-order valence-corrected chi connectivity index (χ1v) is 9.48. The number of halogens is 3. The summed E-state index contributed by atoms with van der Waals surface area (Å²) in [5, 5.41) is 12.1. The molecule has 0 aromatic carbocycles. The number of nitrogens with zero attached hydrogens (tertiary/aromatic N) is 1.